The van der Waals surface area contributed by atoms with Gasteiger partial charge in [0, 0.05) is 12.3 Å². The molecule has 0 spiro atoms. The Morgan fingerprint density at radius 3 is 2.47 bits per heavy atom. The number of carbonyl (C=O) groups is 2. The predicted molar refractivity (Wildman–Crippen MR) is 122 cm³/mol. The Morgan fingerprint density at radius 2 is 1.69 bits per heavy atom. The van der Waals surface area contributed by atoms with Gasteiger partial charge in [-0.2, -0.15) is 0 Å². The van der Waals surface area contributed by atoms with E-state index in [0.29, 0.717) is 17.2 Å². The van der Waals surface area contributed by atoms with Crippen LogP contribution in [-0.4, -0.2) is 24.5 Å². The van der Waals surface area contributed by atoms with E-state index in [-0.39, 0.29) is 18.4 Å². The van der Waals surface area contributed by atoms with Gasteiger partial charge < -0.3 is 19.4 Å². The summed E-state index contributed by atoms with van der Waals surface area (Å²) < 4.78 is 12.0. The molecule has 1 aliphatic rings. The van der Waals surface area contributed by atoms with Crippen molar-refractivity contribution in [1.82, 2.24) is 5.32 Å². The van der Waals surface area contributed by atoms with Gasteiger partial charge >= 0.3 is 0 Å². The molecule has 1 N–H and O–H groups in total. The van der Waals surface area contributed by atoms with Gasteiger partial charge in [-0.3, -0.25) is 9.59 Å². The molecule has 6 nitrogen and oxygen atoms in total. The average Bonchev–Trinajstić information content (AvgIpc) is 3.26. The lowest BCUT2D eigenvalue weighted by Gasteiger charge is -2.34. The summed E-state index contributed by atoms with van der Waals surface area (Å²) in [5.41, 5.74) is 2.31. The highest BCUT2D eigenvalue weighted by atomic mass is 16.5. The van der Waals surface area contributed by atoms with Crippen LogP contribution >= 0.6 is 0 Å². The number of para-hydroxylation sites is 3. The summed E-state index contributed by atoms with van der Waals surface area (Å²) in [5, 5.41) is 4.04. The van der Waals surface area contributed by atoms with E-state index in [2.05, 4.69) is 5.32 Å². The van der Waals surface area contributed by atoms with E-state index in [1.54, 1.807) is 11.0 Å². The van der Waals surface area contributed by atoms with Gasteiger partial charge in [0.25, 0.3) is 5.91 Å². The van der Waals surface area contributed by atoms with Crippen molar-refractivity contribution in [3.05, 3.63) is 96.3 Å². The summed E-state index contributed by atoms with van der Waals surface area (Å²) in [6.45, 7) is 1.62. The zero-order valence-electron chi connectivity index (χ0n) is 17.5. The van der Waals surface area contributed by atoms with E-state index in [9.17, 15) is 9.59 Å². The van der Waals surface area contributed by atoms with Crippen LogP contribution in [0.5, 0.6) is 5.75 Å². The van der Waals surface area contributed by atoms with Crippen LogP contribution in [0.1, 0.15) is 24.3 Å². The molecule has 2 unspecified atom stereocenters. The highest BCUT2D eigenvalue weighted by Crippen LogP contribution is 2.34. The molecule has 3 aromatic carbocycles. The first-order chi connectivity index (χ1) is 15.6. The maximum Gasteiger partial charge on any atom is 0.263 e. The molecular weight excluding hydrogens is 404 g/mol. The highest BCUT2D eigenvalue weighted by Gasteiger charge is 2.34. The number of furan rings is 1. The highest BCUT2D eigenvalue weighted by molar-refractivity contribution is 5.96. The third-order valence-corrected chi connectivity index (χ3v) is 5.59. The minimum absolute atomic E-state index is 0.139. The monoisotopic (exact) mass is 426 g/mol. The fraction of sp³-hybridized carbons (Fsp3) is 0.154. The van der Waals surface area contributed by atoms with Crippen LogP contribution in [-0.2, 0) is 9.59 Å². The first-order valence-electron chi connectivity index (χ1n) is 10.5. The lowest BCUT2D eigenvalue weighted by Crippen LogP contribution is -2.51. The minimum Gasteiger partial charge on any atom is -0.477 e. The fourth-order valence-corrected chi connectivity index (χ4v) is 4.01. The standard InChI is InChI=1S/C26H22N2O4/c1-17(29)28-16-24(32-22-14-8-6-12-20(22)28)26(30)27-25(18-9-3-2-4-10-18)23-15-19-11-5-7-13-21(19)31-23/h2-15,24-25H,16H2,1H3,(H,27,30). The smallest absolute Gasteiger partial charge is 0.263 e. The number of hydrogen-bond acceptors (Lipinski definition) is 4. The van der Waals surface area contributed by atoms with Crippen LogP contribution in [0.2, 0.25) is 0 Å². The average molecular weight is 426 g/mol. The van der Waals surface area contributed by atoms with Crippen LogP contribution in [0, 0.1) is 0 Å². The van der Waals surface area contributed by atoms with Crippen LogP contribution in [0.4, 0.5) is 5.69 Å². The number of ether oxygens (including phenoxy) is 1. The summed E-state index contributed by atoms with van der Waals surface area (Å²) in [4.78, 5) is 27.1. The zero-order valence-corrected chi connectivity index (χ0v) is 17.5. The minimum atomic E-state index is -0.843. The molecule has 4 aromatic rings. The van der Waals surface area contributed by atoms with E-state index < -0.39 is 12.1 Å². The number of anilines is 1. The Kier molecular flexibility index (Phi) is 5.11. The number of rotatable bonds is 4. The van der Waals surface area contributed by atoms with Crippen molar-refractivity contribution in [1.29, 1.82) is 0 Å². The molecule has 32 heavy (non-hydrogen) atoms. The van der Waals surface area contributed by atoms with E-state index in [1.807, 2.05) is 78.9 Å². The molecule has 0 bridgehead atoms. The molecule has 6 heteroatoms. The van der Waals surface area contributed by atoms with Gasteiger partial charge in [-0.25, -0.2) is 0 Å². The molecular formula is C26H22N2O4. The summed E-state index contributed by atoms with van der Waals surface area (Å²) in [6.07, 6.45) is -0.843. The van der Waals surface area contributed by atoms with Gasteiger partial charge in [0.15, 0.2) is 6.10 Å². The normalized spacial score (nSPS) is 16.2. The number of amides is 2. The molecule has 2 amide bonds. The number of nitrogens with one attached hydrogen (secondary N) is 1. The summed E-state index contributed by atoms with van der Waals surface area (Å²) in [5.74, 6) is 0.676. The lowest BCUT2D eigenvalue weighted by atomic mass is 10.0. The van der Waals surface area contributed by atoms with Crippen molar-refractivity contribution in [2.24, 2.45) is 0 Å². The van der Waals surface area contributed by atoms with Gasteiger partial charge in [0.1, 0.15) is 23.1 Å². The largest absolute Gasteiger partial charge is 0.477 e. The molecule has 0 aliphatic carbocycles. The summed E-state index contributed by atoms with van der Waals surface area (Å²) in [7, 11) is 0. The molecule has 2 heterocycles. The van der Waals surface area contributed by atoms with Gasteiger partial charge in [0.05, 0.1) is 12.2 Å². The van der Waals surface area contributed by atoms with Crippen molar-refractivity contribution in [2.45, 2.75) is 19.1 Å². The van der Waals surface area contributed by atoms with Gasteiger partial charge in [-0.05, 0) is 29.8 Å². The van der Waals surface area contributed by atoms with Crippen molar-refractivity contribution in [3.8, 4) is 5.75 Å². The zero-order chi connectivity index (χ0) is 22.1. The molecule has 1 aromatic heterocycles. The molecule has 0 saturated heterocycles. The van der Waals surface area contributed by atoms with Gasteiger partial charge in [0.2, 0.25) is 5.91 Å². The van der Waals surface area contributed by atoms with Crippen molar-refractivity contribution >= 4 is 28.5 Å². The molecule has 160 valence electrons. The van der Waals surface area contributed by atoms with Crippen LogP contribution < -0.4 is 15.0 Å². The molecule has 1 aliphatic heterocycles. The molecule has 0 fully saturated rings. The SMILES string of the molecule is CC(=O)N1CC(C(=O)NC(c2ccccc2)c2cc3ccccc3o2)Oc2ccccc21. The number of nitrogens with zero attached hydrogens (tertiary/aromatic N) is 1. The molecule has 5 rings (SSSR count). The van der Waals surface area contributed by atoms with Gasteiger partial charge in [-0.1, -0.05) is 60.7 Å². The molecule has 0 saturated carbocycles. The van der Waals surface area contributed by atoms with Crippen LogP contribution in [0.15, 0.2) is 89.3 Å². The quantitative estimate of drug-likeness (QED) is 0.523. The number of benzene rings is 3. The van der Waals surface area contributed by atoms with Crippen LogP contribution in [0.25, 0.3) is 11.0 Å². The third kappa shape index (κ3) is 3.71. The van der Waals surface area contributed by atoms with E-state index in [0.717, 1.165) is 16.5 Å². The first kappa shape index (κ1) is 19.9. The number of fused-ring (bicyclic) bond motifs is 2. The van der Waals surface area contributed by atoms with Crippen molar-refractivity contribution in [3.63, 3.8) is 0 Å². The fourth-order valence-electron chi connectivity index (χ4n) is 4.01. The lowest BCUT2D eigenvalue weighted by molar-refractivity contribution is -0.128. The van der Waals surface area contributed by atoms with E-state index in [4.69, 9.17) is 9.15 Å². The Morgan fingerprint density at radius 1 is 0.969 bits per heavy atom. The van der Waals surface area contributed by atoms with Gasteiger partial charge in [-0.15, -0.1) is 0 Å². The van der Waals surface area contributed by atoms with Crippen molar-refractivity contribution in [2.75, 3.05) is 11.4 Å². The summed E-state index contributed by atoms with van der Waals surface area (Å²) >= 11 is 0. The Hall–Kier alpha value is -4.06. The second-order valence-electron chi connectivity index (χ2n) is 7.74. The maximum absolute atomic E-state index is 13.3. The molecule has 0 radical (unpaired) electrons. The Balaban J connectivity index is 1.46. The van der Waals surface area contributed by atoms with Crippen LogP contribution in [0.3, 0.4) is 0 Å². The predicted octanol–water partition coefficient (Wildman–Crippen LogP) is 4.45. The maximum atomic E-state index is 13.3. The number of hydrogen-bond donors (Lipinski definition) is 1. The number of carbonyl (C=O) groups excluding carboxylic acids is 2. The summed E-state index contributed by atoms with van der Waals surface area (Å²) in [6, 6.07) is 26.0. The Labute approximate surface area is 185 Å². The van der Waals surface area contributed by atoms with E-state index in [1.165, 1.54) is 6.92 Å². The Bertz CT molecular complexity index is 1250. The molecule has 2 atom stereocenters. The second-order valence-corrected chi connectivity index (χ2v) is 7.74. The second kappa shape index (κ2) is 8.23. The third-order valence-electron chi connectivity index (χ3n) is 5.59. The van der Waals surface area contributed by atoms with Crippen molar-refractivity contribution < 1.29 is 18.7 Å². The topological polar surface area (TPSA) is 71.8 Å². The first-order valence-corrected chi connectivity index (χ1v) is 10.5. The van der Waals surface area contributed by atoms with E-state index >= 15 is 0 Å².